The van der Waals surface area contributed by atoms with Crippen molar-refractivity contribution in [3.05, 3.63) is 4.91 Å². The zero-order valence-corrected chi connectivity index (χ0v) is 10.4. The van der Waals surface area contributed by atoms with Crippen LogP contribution in [0.2, 0.25) is 0 Å². The highest BCUT2D eigenvalue weighted by Gasteiger charge is 2.32. The summed E-state index contributed by atoms with van der Waals surface area (Å²) in [5, 5.41) is 0. The summed E-state index contributed by atoms with van der Waals surface area (Å²) in [7, 11) is 0. The van der Waals surface area contributed by atoms with Crippen molar-refractivity contribution >= 4 is 5.91 Å². The van der Waals surface area contributed by atoms with E-state index in [0.29, 0.717) is 19.7 Å². The summed E-state index contributed by atoms with van der Waals surface area (Å²) in [6.45, 7) is 4.27. The lowest BCUT2D eigenvalue weighted by atomic mass is 10.0. The van der Waals surface area contributed by atoms with Gasteiger partial charge in [-0.05, 0) is 13.3 Å². The fourth-order valence-electron chi connectivity index (χ4n) is 2.68. The van der Waals surface area contributed by atoms with Gasteiger partial charge in [0.05, 0.1) is 6.61 Å². The number of hydrogen-bond donors (Lipinski definition) is 0. The smallest absolute Gasteiger partial charge is 0.248 e. The number of carbonyl (C=O) groups is 1. The van der Waals surface area contributed by atoms with Crippen LogP contribution in [0.15, 0.2) is 0 Å². The topological polar surface area (TPSA) is 49.6 Å². The fourth-order valence-corrected chi connectivity index (χ4v) is 2.68. The van der Waals surface area contributed by atoms with Crippen LogP contribution in [0.3, 0.4) is 0 Å². The highest BCUT2D eigenvalue weighted by Crippen LogP contribution is 2.19. The van der Waals surface area contributed by atoms with E-state index in [2.05, 4.69) is 6.92 Å². The molecule has 0 aromatic rings. The average Bonchev–Trinajstić information content (AvgIpc) is 2.72. The quantitative estimate of drug-likeness (QED) is 0.689. The number of carbonyl (C=O) groups excluding carboxylic acids is 1. The highest BCUT2D eigenvalue weighted by molar-refractivity contribution is 5.78. The van der Waals surface area contributed by atoms with Gasteiger partial charge in [0.2, 0.25) is 11.9 Å². The van der Waals surface area contributed by atoms with Gasteiger partial charge in [-0.15, -0.1) is 0 Å². The molecule has 96 valence electrons. The van der Waals surface area contributed by atoms with E-state index in [1.54, 1.807) is 0 Å². The molecule has 0 bridgehead atoms. The third kappa shape index (κ3) is 3.03. The van der Waals surface area contributed by atoms with Crippen molar-refractivity contribution < 1.29 is 14.3 Å². The van der Waals surface area contributed by atoms with Crippen LogP contribution in [0, 0.1) is 4.91 Å². The zero-order chi connectivity index (χ0) is 12.3. The predicted octanol–water partition coefficient (Wildman–Crippen LogP) is 0.955. The molecule has 5 nitrogen and oxygen atoms in total. The van der Waals surface area contributed by atoms with Gasteiger partial charge in [-0.3, -0.25) is 4.79 Å². The SMILES string of the molecule is CC(CCC1CCC[N+]1=O)N1CCOCC1=O. The van der Waals surface area contributed by atoms with Crippen molar-refractivity contribution in [1.29, 1.82) is 0 Å². The number of hydrogen-bond acceptors (Lipinski definition) is 3. The van der Waals surface area contributed by atoms with E-state index in [1.165, 1.54) is 4.76 Å². The molecule has 0 spiro atoms. The van der Waals surface area contributed by atoms with E-state index in [-0.39, 0.29) is 24.6 Å². The van der Waals surface area contributed by atoms with Crippen LogP contribution in [0.4, 0.5) is 0 Å². The molecule has 1 amide bonds. The van der Waals surface area contributed by atoms with Gasteiger partial charge in [0.15, 0.2) is 6.54 Å². The molecule has 2 aliphatic heterocycles. The second-order valence-corrected chi connectivity index (χ2v) is 5.00. The molecule has 0 aromatic carbocycles. The monoisotopic (exact) mass is 241 g/mol. The van der Waals surface area contributed by atoms with Crippen LogP contribution in [-0.4, -0.2) is 54.0 Å². The van der Waals surface area contributed by atoms with Gasteiger partial charge in [-0.2, -0.15) is 0 Å². The van der Waals surface area contributed by atoms with Crippen LogP contribution < -0.4 is 0 Å². The molecule has 2 fully saturated rings. The van der Waals surface area contributed by atoms with E-state index >= 15 is 0 Å². The maximum atomic E-state index is 11.6. The molecule has 2 unspecified atom stereocenters. The third-order valence-corrected chi connectivity index (χ3v) is 3.80. The molecular weight excluding hydrogens is 220 g/mol. The molecule has 0 N–H and O–H groups in total. The summed E-state index contributed by atoms with van der Waals surface area (Å²) < 4.78 is 6.31. The van der Waals surface area contributed by atoms with Gasteiger partial charge in [-0.1, -0.05) is 0 Å². The molecule has 2 heterocycles. The molecule has 0 aromatic heterocycles. The van der Waals surface area contributed by atoms with Crippen molar-refractivity contribution in [1.82, 2.24) is 4.90 Å². The van der Waals surface area contributed by atoms with Crippen molar-refractivity contribution in [3.8, 4) is 0 Å². The highest BCUT2D eigenvalue weighted by atomic mass is 16.5. The Labute approximate surface area is 102 Å². The Morgan fingerprint density at radius 2 is 2.41 bits per heavy atom. The fraction of sp³-hybridized carbons (Fsp3) is 0.917. The van der Waals surface area contributed by atoms with Crippen LogP contribution in [0.25, 0.3) is 0 Å². The standard InChI is InChI=1S/C12H21N2O3/c1-10(13-7-8-17-9-12(13)15)4-5-11-3-2-6-14(11)16/h10-11H,2-9H2,1H3/q+1. The summed E-state index contributed by atoms with van der Waals surface area (Å²) >= 11 is 0. The second kappa shape index (κ2) is 5.58. The van der Waals surface area contributed by atoms with Crippen molar-refractivity contribution in [3.63, 3.8) is 0 Å². The minimum Gasteiger partial charge on any atom is -0.370 e. The number of amides is 1. The largest absolute Gasteiger partial charge is 0.370 e. The van der Waals surface area contributed by atoms with Crippen molar-refractivity contribution in [2.24, 2.45) is 0 Å². The van der Waals surface area contributed by atoms with Crippen LogP contribution in [0.5, 0.6) is 0 Å². The van der Waals surface area contributed by atoms with Crippen LogP contribution in [0.1, 0.15) is 32.6 Å². The van der Waals surface area contributed by atoms with Crippen LogP contribution in [-0.2, 0) is 9.53 Å². The lowest BCUT2D eigenvalue weighted by molar-refractivity contribution is -0.565. The first kappa shape index (κ1) is 12.5. The molecule has 0 saturated carbocycles. The maximum absolute atomic E-state index is 11.6. The van der Waals surface area contributed by atoms with Gasteiger partial charge < -0.3 is 9.64 Å². The third-order valence-electron chi connectivity index (χ3n) is 3.80. The molecule has 0 aliphatic carbocycles. The first-order chi connectivity index (χ1) is 8.18. The van der Waals surface area contributed by atoms with Crippen molar-refractivity contribution in [2.75, 3.05) is 26.3 Å². The zero-order valence-electron chi connectivity index (χ0n) is 10.4. The molecule has 2 saturated heterocycles. The Bertz CT molecular complexity index is 306. The molecule has 2 aliphatic rings. The molecule has 17 heavy (non-hydrogen) atoms. The number of nitrogens with zero attached hydrogens (tertiary/aromatic N) is 2. The van der Waals surface area contributed by atoms with Crippen molar-refractivity contribution in [2.45, 2.75) is 44.7 Å². The van der Waals surface area contributed by atoms with E-state index in [1.807, 2.05) is 4.90 Å². The number of nitroso groups, excluding NO2 is 1. The average molecular weight is 241 g/mol. The van der Waals surface area contributed by atoms with E-state index in [4.69, 9.17) is 4.74 Å². The van der Waals surface area contributed by atoms with E-state index in [9.17, 15) is 9.70 Å². The maximum Gasteiger partial charge on any atom is 0.248 e. The van der Waals surface area contributed by atoms with Crippen LogP contribution >= 0.6 is 0 Å². The van der Waals surface area contributed by atoms with Gasteiger partial charge in [-0.25, -0.2) is 0 Å². The van der Waals surface area contributed by atoms with E-state index < -0.39 is 0 Å². The Morgan fingerprint density at radius 3 is 3.06 bits per heavy atom. The summed E-state index contributed by atoms with van der Waals surface area (Å²) in [6.07, 6.45) is 3.83. The lowest BCUT2D eigenvalue weighted by Crippen LogP contribution is -2.46. The lowest BCUT2D eigenvalue weighted by Gasteiger charge is -2.32. The number of rotatable bonds is 4. The Hall–Kier alpha value is -0.970. The summed E-state index contributed by atoms with van der Waals surface area (Å²) in [4.78, 5) is 25.0. The Balaban J connectivity index is 1.78. The number of morpholine rings is 1. The minimum atomic E-state index is 0.0779. The van der Waals surface area contributed by atoms with Gasteiger partial charge in [0.25, 0.3) is 0 Å². The normalized spacial score (nSPS) is 27.6. The summed E-state index contributed by atoms with van der Waals surface area (Å²) in [5.41, 5.74) is 0. The summed E-state index contributed by atoms with van der Waals surface area (Å²) in [6, 6.07) is 0.397. The predicted molar refractivity (Wildman–Crippen MR) is 62.7 cm³/mol. The Kier molecular flexibility index (Phi) is 4.10. The van der Waals surface area contributed by atoms with E-state index in [0.717, 1.165) is 25.7 Å². The summed E-state index contributed by atoms with van der Waals surface area (Å²) in [5.74, 6) is 0.0779. The van der Waals surface area contributed by atoms with Gasteiger partial charge in [0.1, 0.15) is 6.61 Å². The first-order valence-corrected chi connectivity index (χ1v) is 6.49. The Morgan fingerprint density at radius 1 is 1.59 bits per heavy atom. The minimum absolute atomic E-state index is 0.0779. The molecule has 2 atom stereocenters. The molecular formula is C12H21N2O3+. The first-order valence-electron chi connectivity index (χ1n) is 6.49. The number of ether oxygens (including phenoxy) is 1. The van der Waals surface area contributed by atoms with Gasteiger partial charge in [0, 0.05) is 41.5 Å². The molecule has 5 heteroatoms. The van der Waals surface area contributed by atoms with Gasteiger partial charge >= 0.3 is 0 Å². The molecule has 2 rings (SSSR count). The second-order valence-electron chi connectivity index (χ2n) is 5.00. The molecule has 0 radical (unpaired) electrons.